The number of furan rings is 3. The van der Waals surface area contributed by atoms with Crippen LogP contribution < -0.4 is 0 Å². The van der Waals surface area contributed by atoms with Crippen LogP contribution in [0, 0.1) is 141 Å². The van der Waals surface area contributed by atoms with Gasteiger partial charge in [0, 0.05) is 161 Å². The molecule has 12 nitrogen and oxygen atoms in total. The average molecular weight is 2350 g/mol. The van der Waals surface area contributed by atoms with Gasteiger partial charge in [0.1, 0.15) is 0 Å². The molecule has 703 valence electrons. The fourth-order valence-electron chi connectivity index (χ4n) is 19.4. The number of pyridine rings is 9. The minimum absolute atomic E-state index is 0. The van der Waals surface area contributed by atoms with E-state index in [0.29, 0.717) is 89.9 Å². The van der Waals surface area contributed by atoms with Crippen LogP contribution in [-0.4, -0.2) is 44.9 Å². The van der Waals surface area contributed by atoms with Gasteiger partial charge in [0.25, 0.3) is 0 Å². The van der Waals surface area contributed by atoms with Gasteiger partial charge in [0.2, 0.25) is 17.1 Å². The third-order valence-electron chi connectivity index (χ3n) is 26.1. The fraction of sp³-hybridized carbons (Fsp3) is 0.331. The van der Waals surface area contributed by atoms with Gasteiger partial charge in [-0.25, -0.2) is 15.0 Å². The zero-order chi connectivity index (χ0) is 112. The Morgan fingerprint density at radius 2 is 0.728 bits per heavy atom. The molecule has 1 spiro atoms. The van der Waals surface area contributed by atoms with Gasteiger partial charge in [-0.15, -0.1) is 161 Å². The summed E-state index contributed by atoms with van der Waals surface area (Å²) in [6.45, 7) is 9.18. The molecular formula is C121H123Ir3N9O3-6. The summed E-state index contributed by atoms with van der Waals surface area (Å²) in [7, 11) is 0. The first-order valence-corrected chi connectivity index (χ1v) is 45.8. The van der Waals surface area contributed by atoms with Crippen LogP contribution in [0.25, 0.3) is 134 Å². The Morgan fingerprint density at radius 1 is 0.360 bits per heavy atom. The average Bonchev–Trinajstić information content (AvgIpc) is 1.75. The molecule has 6 aromatic carbocycles. The Bertz CT molecular complexity index is 7890. The van der Waals surface area contributed by atoms with Crippen molar-refractivity contribution in [2.24, 2.45) is 21.7 Å². The van der Waals surface area contributed by atoms with Crippen molar-refractivity contribution in [3.63, 3.8) is 0 Å². The first-order chi connectivity index (χ1) is 72.8. The molecule has 0 atom stereocenters. The number of nitrogens with zero attached hydrogens (tertiary/aromatic N) is 9. The molecule has 4 aliphatic rings. The fourth-order valence-corrected chi connectivity index (χ4v) is 19.4. The molecule has 0 bridgehead atoms. The number of hydrogen-bond donors (Lipinski definition) is 0. The number of benzene rings is 6. The minimum atomic E-state index is -2.19. The molecule has 4 aliphatic carbocycles. The molecule has 136 heavy (non-hydrogen) atoms. The summed E-state index contributed by atoms with van der Waals surface area (Å²) in [6, 6.07) is 73.0. The second-order valence-electron chi connectivity index (χ2n) is 37.9. The molecule has 0 unspecified atom stereocenters. The van der Waals surface area contributed by atoms with Crippen LogP contribution in [0.3, 0.4) is 0 Å². The third kappa shape index (κ3) is 23.9. The van der Waals surface area contributed by atoms with Crippen molar-refractivity contribution in [3.8, 4) is 67.5 Å². The Balaban J connectivity index is 0.000000149. The standard InChI is InChI=1S/C28H29N2O.C27H29N2O.C24H23N2O.3C14H14N.3Ir/c1-19-8-9-23-22-6-5-7-24(26(22)31-27(23)30-19)25-18-21(12-17-29-25)20-10-15-28(16-11-20)13-3-2-4-14-28;1-17-9-10-21-20-7-6-8-22(24(20)30-25(21)29-17)23-13-18(11-12-28-23)19-14-26(2,3)16-27(4,5)15-19;1-16-8-9-19-18-6-5-7-20(22(18)27-23(19)26-16)21-14-17(10-13-25-21)15-24(2)11-3-4-12-24;3*1-10-4-6-13(7-5-10)14-8-11(2)12(3)9-15-14;;;/h5-6,8-9,12,17-18,20H,2-4,10-11,13-16H2,1H3;6-7,9-13,19H,14-16H2,1-5H3;5-6,8-10,13-14H,3-4,11-12,15H2,1-2H3;3*4-6,8-9H,1-3H3;;;/q6*-1;;;/i20D;19D;15D2;3*1D3,3D3;;;. The van der Waals surface area contributed by atoms with E-state index in [2.05, 4.69) is 140 Å². The quantitative estimate of drug-likeness (QED) is 0.120. The Labute approximate surface area is 875 Å². The summed E-state index contributed by atoms with van der Waals surface area (Å²) in [4.78, 5) is 39.9. The number of aryl methyl sites for hydroxylation is 12. The SMILES string of the molecule is [2H]C([2H])([2H])c1c[c-]c(-c2cc(C)c(C([2H])([2H])[2H])cn2)cc1.[2H]C([2H])([2H])c1c[c-]c(-c2cc(C)c(C([2H])([2H])[2H])cn2)cc1.[2H]C([2H])([2H])c1c[c-]c(-c2cc(C)c(C([2H])([2H])[2H])cn2)cc1.[2H]C([2H])(c1ccnc(-c2[c-]ccc3c2oc2nc(C)ccc23)c1)C1(C)CCCC1.[2H]C1(c2ccnc(-c3[c-]ccc4c3oc3nc(C)ccc34)c2)CC(C)(C)CC(C)(C)C1.[2H]C1(c2ccnc(-c3[c-]ccc4c3oc3nc(C)ccc34)c2)CCC2(CCCCC2)CC1.[Ir].[Ir].[Ir]. The molecule has 3 radical (unpaired) electrons. The van der Waals surface area contributed by atoms with E-state index in [1.54, 1.807) is 69.4 Å². The van der Waals surface area contributed by atoms with E-state index in [-0.39, 0.29) is 110 Å². The van der Waals surface area contributed by atoms with Crippen LogP contribution in [0.1, 0.15) is 263 Å². The van der Waals surface area contributed by atoms with Gasteiger partial charge in [0.05, 0.1) is 16.7 Å². The zero-order valence-electron chi connectivity index (χ0n) is 100. The second kappa shape index (κ2) is 43.8. The predicted molar refractivity (Wildman–Crippen MR) is 544 cm³/mol. The van der Waals surface area contributed by atoms with Gasteiger partial charge >= 0.3 is 0 Å². The monoisotopic (exact) mass is 2350 g/mol. The summed E-state index contributed by atoms with van der Waals surface area (Å²) in [5.41, 5.74) is 21.5. The van der Waals surface area contributed by atoms with Gasteiger partial charge in [-0.1, -0.05) is 190 Å². The van der Waals surface area contributed by atoms with E-state index < -0.39 is 59.3 Å². The molecule has 4 fully saturated rings. The number of rotatable bonds is 10. The minimum Gasteiger partial charge on any atom is -0.486 e. The Morgan fingerprint density at radius 3 is 1.09 bits per heavy atom. The summed E-state index contributed by atoms with van der Waals surface area (Å²) in [5.74, 6) is -1.16. The van der Waals surface area contributed by atoms with E-state index in [9.17, 15) is 2.74 Å². The van der Waals surface area contributed by atoms with Gasteiger partial charge < -0.3 is 43.2 Å². The molecule has 12 heterocycles. The molecule has 15 heteroatoms. The molecule has 0 saturated heterocycles. The largest absolute Gasteiger partial charge is 0.486 e. The Kier molecular flexibility index (Phi) is 24.2. The van der Waals surface area contributed by atoms with Gasteiger partial charge in [-0.3, -0.25) is 0 Å². The van der Waals surface area contributed by atoms with E-state index in [4.69, 9.17) is 40.7 Å². The molecule has 0 aliphatic heterocycles. The first kappa shape index (κ1) is 75.1. The molecule has 4 saturated carbocycles. The van der Waals surface area contributed by atoms with Crippen LogP contribution in [-0.2, 0) is 66.7 Å². The second-order valence-corrected chi connectivity index (χ2v) is 37.9. The normalized spacial score (nSPS) is 18.8. The van der Waals surface area contributed by atoms with Gasteiger partial charge in [0.15, 0.2) is 0 Å². The number of hydrogen-bond acceptors (Lipinski definition) is 12. The maximum absolute atomic E-state index is 9.43. The van der Waals surface area contributed by atoms with Gasteiger partial charge in [-0.2, -0.15) is 0 Å². The van der Waals surface area contributed by atoms with Crippen LogP contribution >= 0.6 is 0 Å². The number of aromatic nitrogens is 9. The summed E-state index contributed by atoms with van der Waals surface area (Å²) < 4.78 is 187. The van der Waals surface area contributed by atoms with Crippen LogP contribution in [0.4, 0.5) is 0 Å². The van der Waals surface area contributed by atoms with Crippen molar-refractivity contribution in [3.05, 3.63) is 339 Å². The predicted octanol–water partition coefficient (Wildman–Crippen LogP) is 31.9. The number of fused-ring (bicyclic) bond motifs is 9. The third-order valence-corrected chi connectivity index (χ3v) is 26.1. The van der Waals surface area contributed by atoms with Crippen molar-refractivity contribution < 1.29 is 104 Å². The van der Waals surface area contributed by atoms with E-state index in [0.717, 1.165) is 158 Å². The molecule has 18 aromatic rings. The van der Waals surface area contributed by atoms with Gasteiger partial charge in [-0.05, 0) is 278 Å². The van der Waals surface area contributed by atoms with Crippen LogP contribution in [0.2, 0.25) is 0 Å². The smallest absolute Gasteiger partial charge is 0.216 e. The maximum Gasteiger partial charge on any atom is 0.216 e. The molecule has 22 rings (SSSR count). The summed E-state index contributed by atoms with van der Waals surface area (Å²) >= 11 is 0. The molecular weight excluding hydrogens is 2200 g/mol. The summed E-state index contributed by atoms with van der Waals surface area (Å²) in [6.07, 6.45) is 25.9. The Hall–Kier alpha value is -11.0. The van der Waals surface area contributed by atoms with Crippen LogP contribution in [0.5, 0.6) is 0 Å². The first-order valence-electron chi connectivity index (χ1n) is 56.8. The molecule has 0 amide bonds. The van der Waals surface area contributed by atoms with Crippen molar-refractivity contribution in [1.29, 1.82) is 0 Å². The maximum atomic E-state index is 9.43. The van der Waals surface area contributed by atoms with E-state index in [1.807, 2.05) is 112 Å². The zero-order valence-corrected chi connectivity index (χ0v) is 85.5. The van der Waals surface area contributed by atoms with E-state index in [1.165, 1.54) is 99.9 Å². The van der Waals surface area contributed by atoms with Crippen molar-refractivity contribution in [1.82, 2.24) is 44.9 Å². The van der Waals surface area contributed by atoms with Crippen molar-refractivity contribution >= 4 is 66.2 Å². The molecule has 12 aromatic heterocycles. The van der Waals surface area contributed by atoms with Crippen molar-refractivity contribution in [2.45, 2.75) is 238 Å². The van der Waals surface area contributed by atoms with E-state index >= 15 is 0 Å². The van der Waals surface area contributed by atoms with Crippen LogP contribution in [0.15, 0.2) is 232 Å². The summed E-state index contributed by atoms with van der Waals surface area (Å²) in [5, 5.41) is 6.00. The topological polar surface area (TPSA) is 155 Å². The van der Waals surface area contributed by atoms with Crippen molar-refractivity contribution in [2.75, 3.05) is 0 Å². The molecule has 0 N–H and O–H groups in total.